The summed E-state index contributed by atoms with van der Waals surface area (Å²) in [5.74, 6) is 0. The molecule has 1 aliphatic rings. The second-order valence-corrected chi connectivity index (χ2v) is 5.08. The maximum absolute atomic E-state index is 4.56. The number of rotatable bonds is 4. The van der Waals surface area contributed by atoms with Crippen molar-refractivity contribution in [2.24, 2.45) is 0 Å². The summed E-state index contributed by atoms with van der Waals surface area (Å²) >= 11 is 5.75. The molecule has 78 valence electrons. The van der Waals surface area contributed by atoms with Crippen molar-refractivity contribution < 1.29 is 0 Å². The summed E-state index contributed by atoms with van der Waals surface area (Å²) < 4.78 is 3.07. The van der Waals surface area contributed by atoms with E-state index in [2.05, 4.69) is 31.6 Å². The fourth-order valence-corrected chi connectivity index (χ4v) is 2.82. The topological polar surface area (TPSA) is 28.2 Å². The van der Waals surface area contributed by atoms with Crippen LogP contribution in [0.2, 0.25) is 0 Å². The molecule has 14 heavy (non-hydrogen) atoms. The Morgan fingerprint density at radius 1 is 1.57 bits per heavy atom. The molecule has 0 spiro atoms. The van der Waals surface area contributed by atoms with Crippen LogP contribution in [0.5, 0.6) is 0 Å². The lowest BCUT2D eigenvalue weighted by atomic mass is 10.4. The van der Waals surface area contributed by atoms with Crippen molar-refractivity contribution in [3.05, 3.63) is 11.1 Å². The number of aromatic nitrogens is 1. The van der Waals surface area contributed by atoms with E-state index in [4.69, 9.17) is 0 Å². The van der Waals surface area contributed by atoms with E-state index in [-0.39, 0.29) is 0 Å². The summed E-state index contributed by atoms with van der Waals surface area (Å²) in [6.45, 7) is 3.13. The Bertz CT molecular complexity index is 283. The zero-order chi connectivity index (χ0) is 9.80. The number of nitrogens with one attached hydrogen (secondary N) is 1. The van der Waals surface area contributed by atoms with Gasteiger partial charge in [0, 0.05) is 18.5 Å². The highest BCUT2D eigenvalue weighted by Crippen LogP contribution is 2.24. The molecule has 0 atom stereocenters. The predicted molar refractivity (Wildman–Crippen MR) is 67.0 cm³/mol. The Morgan fingerprint density at radius 3 is 3.07 bits per heavy atom. The van der Waals surface area contributed by atoms with Crippen molar-refractivity contribution in [3.8, 4) is 0 Å². The average molecular weight is 247 g/mol. The number of thiazole rings is 1. The lowest BCUT2D eigenvalue weighted by Crippen LogP contribution is -2.17. The van der Waals surface area contributed by atoms with Crippen LogP contribution >= 0.6 is 34.0 Å². The van der Waals surface area contributed by atoms with Gasteiger partial charge in [-0.15, -0.1) is 11.3 Å². The molecule has 0 unspecified atom stereocenters. The van der Waals surface area contributed by atoms with Gasteiger partial charge in [-0.25, -0.2) is 9.71 Å². The van der Waals surface area contributed by atoms with Gasteiger partial charge >= 0.3 is 0 Å². The number of hydrogen-bond donors (Lipinski definition) is 2. The number of nitrogens with zero attached hydrogens (tertiary/aromatic N) is 2. The molecule has 6 heteroatoms. The maximum atomic E-state index is 4.56. The average Bonchev–Trinajstić information content (AvgIpc) is 2.85. The molecule has 1 N–H and O–H groups in total. The fraction of sp³-hybridized carbons (Fsp3) is 0.625. The smallest absolute Gasteiger partial charge is 0.185 e. The van der Waals surface area contributed by atoms with Crippen LogP contribution in [0.25, 0.3) is 0 Å². The first-order valence-corrected chi connectivity index (χ1v) is 7.37. The molecule has 1 fully saturated rings. The van der Waals surface area contributed by atoms with E-state index >= 15 is 0 Å². The first-order valence-electron chi connectivity index (χ1n) is 4.63. The normalized spacial score (nSPS) is 16.5. The van der Waals surface area contributed by atoms with E-state index in [9.17, 15) is 0 Å². The van der Waals surface area contributed by atoms with Crippen LogP contribution in [0.1, 0.15) is 18.5 Å². The summed E-state index contributed by atoms with van der Waals surface area (Å²) in [6.07, 6.45) is 2.61. The number of thiol groups is 1. The third kappa shape index (κ3) is 2.56. The van der Waals surface area contributed by atoms with Gasteiger partial charge in [-0.2, -0.15) is 0 Å². The quantitative estimate of drug-likeness (QED) is 0.485. The van der Waals surface area contributed by atoms with E-state index in [1.54, 1.807) is 11.3 Å². The summed E-state index contributed by atoms with van der Waals surface area (Å²) in [5.41, 5.74) is 1.11. The van der Waals surface area contributed by atoms with Gasteiger partial charge in [0.1, 0.15) is 0 Å². The molecule has 3 nitrogen and oxygen atoms in total. The molecule has 1 saturated heterocycles. The Kier molecular flexibility index (Phi) is 3.98. The predicted octanol–water partition coefficient (Wildman–Crippen LogP) is 2.33. The Balaban J connectivity index is 1.94. The van der Waals surface area contributed by atoms with Crippen LogP contribution in [0.15, 0.2) is 5.38 Å². The van der Waals surface area contributed by atoms with Crippen molar-refractivity contribution in [2.75, 3.05) is 18.0 Å². The van der Waals surface area contributed by atoms with E-state index < -0.39 is 0 Å². The van der Waals surface area contributed by atoms with E-state index in [0.29, 0.717) is 0 Å². The van der Waals surface area contributed by atoms with Crippen molar-refractivity contribution >= 4 is 39.1 Å². The minimum absolute atomic E-state index is 0.790. The highest BCUT2D eigenvalue weighted by atomic mass is 33.1. The van der Waals surface area contributed by atoms with E-state index in [1.807, 2.05) is 0 Å². The molecular formula is C8H13N3S3. The van der Waals surface area contributed by atoms with Gasteiger partial charge in [0.05, 0.1) is 12.2 Å². The van der Waals surface area contributed by atoms with Crippen molar-refractivity contribution in [2.45, 2.75) is 19.4 Å². The van der Waals surface area contributed by atoms with Crippen molar-refractivity contribution in [1.29, 1.82) is 0 Å². The SMILES string of the molecule is SSNCc1csc(N2CCCC2)n1. The Morgan fingerprint density at radius 2 is 2.36 bits per heavy atom. The third-order valence-corrected chi connectivity index (χ3v) is 3.85. The lowest BCUT2D eigenvalue weighted by molar-refractivity contribution is 0.908. The van der Waals surface area contributed by atoms with E-state index in [1.165, 1.54) is 42.0 Å². The molecule has 2 rings (SSSR count). The highest BCUT2D eigenvalue weighted by Gasteiger charge is 2.15. The fourth-order valence-electron chi connectivity index (χ4n) is 1.54. The molecule has 1 aromatic heterocycles. The van der Waals surface area contributed by atoms with Gasteiger partial charge in [0.25, 0.3) is 0 Å². The Hall–Kier alpha value is 0.0900. The van der Waals surface area contributed by atoms with Crippen LogP contribution < -0.4 is 9.62 Å². The summed E-state index contributed by atoms with van der Waals surface area (Å²) in [7, 11) is 1.33. The van der Waals surface area contributed by atoms with Gasteiger partial charge in [0.15, 0.2) is 5.13 Å². The molecule has 0 bridgehead atoms. The third-order valence-electron chi connectivity index (χ3n) is 2.23. The van der Waals surface area contributed by atoms with Gasteiger partial charge in [-0.1, -0.05) is 11.7 Å². The maximum Gasteiger partial charge on any atom is 0.185 e. The monoisotopic (exact) mass is 247 g/mol. The number of hydrogen-bond acceptors (Lipinski definition) is 6. The van der Waals surface area contributed by atoms with Gasteiger partial charge < -0.3 is 4.90 Å². The summed E-state index contributed by atoms with van der Waals surface area (Å²) in [4.78, 5) is 6.93. The van der Waals surface area contributed by atoms with E-state index in [0.717, 1.165) is 12.2 Å². The lowest BCUT2D eigenvalue weighted by Gasteiger charge is -2.12. The molecule has 0 saturated carbocycles. The molecule has 0 aliphatic carbocycles. The standard InChI is InChI=1S/C8H13N3S3/c12-14-9-5-7-6-13-8(10-7)11-3-1-2-4-11/h6,9,12H,1-5H2. The summed E-state index contributed by atoms with van der Waals surface area (Å²) in [6, 6.07) is 0. The van der Waals surface area contributed by atoms with Gasteiger partial charge in [-0.05, 0) is 23.8 Å². The largest absolute Gasteiger partial charge is 0.348 e. The van der Waals surface area contributed by atoms with Crippen molar-refractivity contribution in [1.82, 2.24) is 9.71 Å². The second kappa shape index (κ2) is 5.25. The first kappa shape index (κ1) is 10.6. The number of anilines is 1. The first-order chi connectivity index (χ1) is 6.90. The molecule has 1 aliphatic heterocycles. The molecule has 0 amide bonds. The highest BCUT2D eigenvalue weighted by molar-refractivity contribution is 8.67. The van der Waals surface area contributed by atoms with Crippen molar-refractivity contribution in [3.63, 3.8) is 0 Å². The molecule has 1 aromatic rings. The van der Waals surface area contributed by atoms with Gasteiger partial charge in [-0.3, -0.25) is 0 Å². The van der Waals surface area contributed by atoms with Crippen LogP contribution in [0.4, 0.5) is 5.13 Å². The molecule has 0 aromatic carbocycles. The zero-order valence-electron chi connectivity index (χ0n) is 7.77. The van der Waals surface area contributed by atoms with Gasteiger partial charge in [0.2, 0.25) is 0 Å². The van der Waals surface area contributed by atoms with Crippen LogP contribution in [0, 0.1) is 0 Å². The minimum atomic E-state index is 0.790. The van der Waals surface area contributed by atoms with Crippen LogP contribution in [-0.4, -0.2) is 18.1 Å². The summed E-state index contributed by atoms with van der Waals surface area (Å²) in [5, 5.41) is 3.29. The van der Waals surface area contributed by atoms with Crippen LogP contribution in [0.3, 0.4) is 0 Å². The molecular weight excluding hydrogens is 234 g/mol. The Labute approximate surface area is 97.2 Å². The zero-order valence-corrected chi connectivity index (χ0v) is 10.3. The molecule has 2 heterocycles. The molecule has 0 radical (unpaired) electrons. The van der Waals surface area contributed by atoms with Crippen LogP contribution in [-0.2, 0) is 6.54 Å². The minimum Gasteiger partial charge on any atom is -0.348 e. The second-order valence-electron chi connectivity index (χ2n) is 3.23.